The molecule has 0 unspecified atom stereocenters. The van der Waals surface area contributed by atoms with Crippen LogP contribution in [0.5, 0.6) is 0 Å². The molecule has 2 rings (SSSR count). The second-order valence-electron chi connectivity index (χ2n) is 3.33. The summed E-state index contributed by atoms with van der Waals surface area (Å²) in [6, 6.07) is 9.95. The standard InChI is InChI=1S/C11H13N3O/c15-8-4-7-10-11(13-14-12-10)9-5-2-1-3-6-9/h1-3,5-6,15H,4,7-8H2,(H,12,13,14). The zero-order chi connectivity index (χ0) is 10.5. The molecule has 2 N–H and O–H groups in total. The topological polar surface area (TPSA) is 61.8 Å². The molecule has 0 atom stereocenters. The van der Waals surface area contributed by atoms with Gasteiger partial charge in [-0.05, 0) is 12.8 Å². The van der Waals surface area contributed by atoms with Gasteiger partial charge in [-0.3, -0.25) is 5.10 Å². The van der Waals surface area contributed by atoms with E-state index in [-0.39, 0.29) is 6.61 Å². The molecule has 0 saturated heterocycles. The van der Waals surface area contributed by atoms with Crippen molar-refractivity contribution < 1.29 is 5.11 Å². The molecule has 4 nitrogen and oxygen atoms in total. The van der Waals surface area contributed by atoms with Gasteiger partial charge in [0.2, 0.25) is 0 Å². The predicted octanol–water partition coefficient (Wildman–Crippen LogP) is 1.40. The highest BCUT2D eigenvalue weighted by molar-refractivity contribution is 5.60. The molecule has 4 heteroatoms. The zero-order valence-electron chi connectivity index (χ0n) is 8.35. The van der Waals surface area contributed by atoms with E-state index in [4.69, 9.17) is 5.11 Å². The van der Waals surface area contributed by atoms with Crippen LogP contribution in [0.25, 0.3) is 11.3 Å². The third-order valence-corrected chi connectivity index (χ3v) is 2.26. The van der Waals surface area contributed by atoms with Crippen molar-refractivity contribution in [1.82, 2.24) is 15.4 Å². The van der Waals surface area contributed by atoms with Crippen LogP contribution >= 0.6 is 0 Å². The van der Waals surface area contributed by atoms with Gasteiger partial charge >= 0.3 is 0 Å². The second-order valence-corrected chi connectivity index (χ2v) is 3.33. The summed E-state index contributed by atoms with van der Waals surface area (Å²) in [6.07, 6.45) is 1.46. The highest BCUT2D eigenvalue weighted by Gasteiger charge is 2.07. The predicted molar refractivity (Wildman–Crippen MR) is 57.2 cm³/mol. The molecule has 1 aromatic heterocycles. The summed E-state index contributed by atoms with van der Waals surface area (Å²) in [4.78, 5) is 0. The van der Waals surface area contributed by atoms with Crippen LogP contribution in [0.15, 0.2) is 30.3 Å². The van der Waals surface area contributed by atoms with E-state index in [2.05, 4.69) is 15.4 Å². The fraction of sp³-hybridized carbons (Fsp3) is 0.273. The Hall–Kier alpha value is -1.68. The Labute approximate surface area is 88.0 Å². The van der Waals surface area contributed by atoms with Gasteiger partial charge in [0.05, 0.1) is 11.4 Å². The number of nitrogens with one attached hydrogen (secondary N) is 1. The molecule has 78 valence electrons. The monoisotopic (exact) mass is 203 g/mol. The van der Waals surface area contributed by atoms with Crippen molar-refractivity contribution in [2.75, 3.05) is 6.61 Å². The summed E-state index contributed by atoms with van der Waals surface area (Å²) >= 11 is 0. The van der Waals surface area contributed by atoms with Gasteiger partial charge in [0.25, 0.3) is 0 Å². The molecule has 1 aromatic carbocycles. The van der Waals surface area contributed by atoms with E-state index < -0.39 is 0 Å². The molecule has 0 radical (unpaired) electrons. The van der Waals surface area contributed by atoms with E-state index in [1.807, 2.05) is 30.3 Å². The lowest BCUT2D eigenvalue weighted by atomic mass is 10.1. The minimum Gasteiger partial charge on any atom is -0.396 e. The quantitative estimate of drug-likeness (QED) is 0.789. The van der Waals surface area contributed by atoms with E-state index in [0.717, 1.165) is 23.4 Å². The molecule has 0 aliphatic rings. The molecule has 15 heavy (non-hydrogen) atoms. The van der Waals surface area contributed by atoms with Crippen molar-refractivity contribution in [3.63, 3.8) is 0 Å². The highest BCUT2D eigenvalue weighted by Crippen LogP contribution is 2.19. The molecule has 0 fully saturated rings. The lowest BCUT2D eigenvalue weighted by Crippen LogP contribution is -1.92. The lowest BCUT2D eigenvalue weighted by molar-refractivity contribution is 0.288. The molecule has 0 aliphatic heterocycles. The number of aromatic nitrogens is 3. The Kier molecular flexibility index (Phi) is 3.09. The van der Waals surface area contributed by atoms with Crippen molar-refractivity contribution in [3.05, 3.63) is 36.0 Å². The Morgan fingerprint density at radius 1 is 1.20 bits per heavy atom. The minimum absolute atomic E-state index is 0.182. The number of rotatable bonds is 4. The lowest BCUT2D eigenvalue weighted by Gasteiger charge is -1.99. The fourth-order valence-corrected chi connectivity index (χ4v) is 1.51. The van der Waals surface area contributed by atoms with Gasteiger partial charge in [-0.1, -0.05) is 35.5 Å². The molecule has 0 amide bonds. The average Bonchev–Trinajstić information content (AvgIpc) is 2.75. The third kappa shape index (κ3) is 2.22. The van der Waals surface area contributed by atoms with E-state index in [9.17, 15) is 0 Å². The molecular formula is C11H13N3O. The van der Waals surface area contributed by atoms with Crippen LogP contribution < -0.4 is 0 Å². The Balaban J connectivity index is 2.25. The normalized spacial score (nSPS) is 10.5. The third-order valence-electron chi connectivity index (χ3n) is 2.26. The number of aryl methyl sites for hydroxylation is 1. The van der Waals surface area contributed by atoms with Gasteiger partial charge in [-0.2, -0.15) is 0 Å². The number of aliphatic hydroxyl groups excluding tert-OH is 1. The number of hydrogen-bond acceptors (Lipinski definition) is 3. The van der Waals surface area contributed by atoms with Crippen LogP contribution in [-0.2, 0) is 6.42 Å². The molecule has 0 spiro atoms. The second kappa shape index (κ2) is 4.70. The van der Waals surface area contributed by atoms with E-state index in [1.165, 1.54) is 0 Å². The van der Waals surface area contributed by atoms with Crippen LogP contribution in [0.2, 0.25) is 0 Å². The maximum absolute atomic E-state index is 8.77. The van der Waals surface area contributed by atoms with E-state index in [0.29, 0.717) is 6.42 Å². The number of nitrogens with zero attached hydrogens (tertiary/aromatic N) is 2. The van der Waals surface area contributed by atoms with Crippen LogP contribution in [0, 0.1) is 0 Å². The fourth-order valence-electron chi connectivity index (χ4n) is 1.51. The molecule has 0 saturated carbocycles. The zero-order valence-corrected chi connectivity index (χ0v) is 8.35. The van der Waals surface area contributed by atoms with Gasteiger partial charge in [0.15, 0.2) is 0 Å². The van der Waals surface area contributed by atoms with Crippen molar-refractivity contribution in [1.29, 1.82) is 0 Å². The molecule has 0 aliphatic carbocycles. The minimum atomic E-state index is 0.182. The number of benzene rings is 1. The number of hydrogen-bond donors (Lipinski definition) is 2. The van der Waals surface area contributed by atoms with Crippen LogP contribution in [0.4, 0.5) is 0 Å². The first-order valence-corrected chi connectivity index (χ1v) is 4.98. The first kappa shape index (κ1) is 9.86. The van der Waals surface area contributed by atoms with Crippen molar-refractivity contribution in [2.45, 2.75) is 12.8 Å². The first-order valence-electron chi connectivity index (χ1n) is 4.98. The summed E-state index contributed by atoms with van der Waals surface area (Å²) in [7, 11) is 0. The average molecular weight is 203 g/mol. The summed E-state index contributed by atoms with van der Waals surface area (Å²) in [5.41, 5.74) is 2.94. The van der Waals surface area contributed by atoms with E-state index >= 15 is 0 Å². The van der Waals surface area contributed by atoms with Gasteiger partial charge in [0.1, 0.15) is 0 Å². The maximum atomic E-state index is 8.77. The van der Waals surface area contributed by atoms with Gasteiger partial charge in [-0.15, -0.1) is 5.10 Å². The van der Waals surface area contributed by atoms with Crippen molar-refractivity contribution >= 4 is 0 Å². The summed E-state index contributed by atoms with van der Waals surface area (Å²) < 4.78 is 0. The molecule has 2 aromatic rings. The van der Waals surface area contributed by atoms with Crippen LogP contribution in [0.3, 0.4) is 0 Å². The summed E-state index contributed by atoms with van der Waals surface area (Å²) in [6.45, 7) is 0.182. The maximum Gasteiger partial charge on any atom is 0.0905 e. The van der Waals surface area contributed by atoms with Crippen molar-refractivity contribution in [2.24, 2.45) is 0 Å². The largest absolute Gasteiger partial charge is 0.396 e. The van der Waals surface area contributed by atoms with Crippen LogP contribution in [0.1, 0.15) is 12.1 Å². The number of aliphatic hydroxyl groups is 1. The Morgan fingerprint density at radius 3 is 2.73 bits per heavy atom. The Bertz CT molecular complexity index is 411. The highest BCUT2D eigenvalue weighted by atomic mass is 16.2. The van der Waals surface area contributed by atoms with Gasteiger partial charge < -0.3 is 5.11 Å². The van der Waals surface area contributed by atoms with Crippen molar-refractivity contribution in [3.8, 4) is 11.3 Å². The number of aromatic amines is 1. The summed E-state index contributed by atoms with van der Waals surface area (Å²) in [5.74, 6) is 0. The molecular weight excluding hydrogens is 190 g/mol. The van der Waals surface area contributed by atoms with Crippen LogP contribution in [-0.4, -0.2) is 27.1 Å². The van der Waals surface area contributed by atoms with Gasteiger partial charge in [0, 0.05) is 12.2 Å². The molecule has 1 heterocycles. The number of H-pyrrole nitrogens is 1. The SMILES string of the molecule is OCCCc1nn[nH]c1-c1ccccc1. The first-order chi connectivity index (χ1) is 7.42. The smallest absolute Gasteiger partial charge is 0.0905 e. The molecule has 0 bridgehead atoms. The Morgan fingerprint density at radius 2 is 2.00 bits per heavy atom. The van der Waals surface area contributed by atoms with E-state index in [1.54, 1.807) is 0 Å². The van der Waals surface area contributed by atoms with Gasteiger partial charge in [-0.25, -0.2) is 0 Å². The summed E-state index contributed by atoms with van der Waals surface area (Å²) in [5, 5.41) is 19.5.